The summed E-state index contributed by atoms with van der Waals surface area (Å²) in [4.78, 5) is 11.7. The Kier molecular flexibility index (Phi) is 6.93. The number of carbonyl (C=O) groups excluding carboxylic acids is 1. The maximum absolute atomic E-state index is 12.7. The maximum atomic E-state index is 12.7. The Morgan fingerprint density at radius 3 is 2.53 bits per heavy atom. The summed E-state index contributed by atoms with van der Waals surface area (Å²) in [6.07, 6.45) is 4.54. The molecule has 0 bridgehead atoms. The molecular formula is C15H22FNO2. The zero-order valence-electron chi connectivity index (χ0n) is 11.6. The van der Waals surface area contributed by atoms with E-state index in [1.807, 2.05) is 6.92 Å². The number of ether oxygens (including phenoxy) is 1. The fraction of sp³-hybridized carbons (Fsp3) is 0.533. The van der Waals surface area contributed by atoms with Gasteiger partial charge in [-0.25, -0.2) is 9.18 Å². The summed E-state index contributed by atoms with van der Waals surface area (Å²) in [6, 6.07) is 5.62. The topological polar surface area (TPSA) is 38.3 Å². The lowest BCUT2D eigenvalue weighted by Gasteiger charge is -2.16. The minimum Gasteiger partial charge on any atom is -0.446 e. The SMILES string of the molecule is CCCCCC(CC)OC(=O)Nc1ccc(F)cc1. The summed E-state index contributed by atoms with van der Waals surface area (Å²) < 4.78 is 18.1. The van der Waals surface area contributed by atoms with Crippen LogP contribution in [0.4, 0.5) is 14.9 Å². The first-order valence-electron chi connectivity index (χ1n) is 6.89. The molecule has 4 heteroatoms. The molecule has 1 rings (SSSR count). The van der Waals surface area contributed by atoms with Gasteiger partial charge in [-0.2, -0.15) is 0 Å². The minimum atomic E-state index is -0.477. The van der Waals surface area contributed by atoms with Gasteiger partial charge in [0.25, 0.3) is 0 Å². The largest absolute Gasteiger partial charge is 0.446 e. The Morgan fingerprint density at radius 1 is 1.26 bits per heavy atom. The number of benzene rings is 1. The molecule has 0 heterocycles. The van der Waals surface area contributed by atoms with E-state index in [-0.39, 0.29) is 11.9 Å². The van der Waals surface area contributed by atoms with E-state index in [0.29, 0.717) is 5.69 Å². The lowest BCUT2D eigenvalue weighted by atomic mass is 10.1. The van der Waals surface area contributed by atoms with Crippen LogP contribution >= 0.6 is 0 Å². The Bertz CT molecular complexity index is 378. The van der Waals surface area contributed by atoms with Crippen molar-refractivity contribution in [3.8, 4) is 0 Å². The molecular weight excluding hydrogens is 245 g/mol. The van der Waals surface area contributed by atoms with Crippen LogP contribution in [-0.4, -0.2) is 12.2 Å². The van der Waals surface area contributed by atoms with E-state index < -0.39 is 6.09 Å². The molecule has 0 spiro atoms. The quantitative estimate of drug-likeness (QED) is 0.725. The van der Waals surface area contributed by atoms with E-state index >= 15 is 0 Å². The van der Waals surface area contributed by atoms with Gasteiger partial charge in [0.05, 0.1) is 0 Å². The molecule has 0 saturated carbocycles. The third-order valence-corrected chi connectivity index (χ3v) is 2.95. The number of halogens is 1. The summed E-state index contributed by atoms with van der Waals surface area (Å²) in [5.74, 6) is -0.329. The van der Waals surface area contributed by atoms with Gasteiger partial charge >= 0.3 is 6.09 Å². The average molecular weight is 267 g/mol. The van der Waals surface area contributed by atoms with Gasteiger partial charge in [-0.1, -0.05) is 26.7 Å². The number of anilines is 1. The van der Waals surface area contributed by atoms with Crippen LogP contribution in [0.2, 0.25) is 0 Å². The normalized spacial score (nSPS) is 11.9. The van der Waals surface area contributed by atoms with E-state index in [4.69, 9.17) is 4.74 Å². The van der Waals surface area contributed by atoms with Gasteiger partial charge in [0, 0.05) is 5.69 Å². The highest BCUT2D eigenvalue weighted by molar-refractivity contribution is 5.84. The second kappa shape index (κ2) is 8.51. The van der Waals surface area contributed by atoms with Crippen LogP contribution in [0.1, 0.15) is 46.0 Å². The van der Waals surface area contributed by atoms with Crippen molar-refractivity contribution in [2.75, 3.05) is 5.32 Å². The number of carbonyl (C=O) groups is 1. The van der Waals surface area contributed by atoms with E-state index in [9.17, 15) is 9.18 Å². The predicted molar refractivity (Wildman–Crippen MR) is 74.7 cm³/mol. The van der Waals surface area contributed by atoms with Crippen LogP contribution in [-0.2, 0) is 4.74 Å². The van der Waals surface area contributed by atoms with Crippen LogP contribution in [0.25, 0.3) is 0 Å². The third-order valence-electron chi connectivity index (χ3n) is 2.95. The fourth-order valence-electron chi connectivity index (χ4n) is 1.80. The first kappa shape index (κ1) is 15.5. The standard InChI is InChI=1S/C15H22FNO2/c1-3-5-6-7-14(4-2)19-15(18)17-13-10-8-12(16)9-11-13/h8-11,14H,3-7H2,1-2H3,(H,17,18). The number of hydrogen-bond donors (Lipinski definition) is 1. The average Bonchev–Trinajstić information content (AvgIpc) is 2.40. The van der Waals surface area contributed by atoms with Gasteiger partial charge in [-0.05, 0) is 43.5 Å². The molecule has 1 aromatic carbocycles. The second-order valence-electron chi connectivity index (χ2n) is 4.56. The van der Waals surface area contributed by atoms with Crippen molar-refractivity contribution in [1.29, 1.82) is 0 Å². The van der Waals surface area contributed by atoms with Gasteiger partial charge in [-0.3, -0.25) is 5.32 Å². The summed E-state index contributed by atoms with van der Waals surface area (Å²) in [5, 5.41) is 2.60. The Labute approximate surface area is 114 Å². The molecule has 0 aliphatic rings. The first-order chi connectivity index (χ1) is 9.15. The molecule has 1 N–H and O–H groups in total. The number of unbranched alkanes of at least 4 members (excludes halogenated alkanes) is 2. The highest BCUT2D eigenvalue weighted by Gasteiger charge is 2.12. The molecule has 0 aromatic heterocycles. The van der Waals surface area contributed by atoms with Crippen LogP contribution in [0.5, 0.6) is 0 Å². The van der Waals surface area contributed by atoms with E-state index in [2.05, 4.69) is 12.2 Å². The highest BCUT2D eigenvalue weighted by Crippen LogP contribution is 2.13. The Hall–Kier alpha value is -1.58. The fourth-order valence-corrected chi connectivity index (χ4v) is 1.80. The molecule has 0 fully saturated rings. The molecule has 19 heavy (non-hydrogen) atoms. The van der Waals surface area contributed by atoms with Gasteiger partial charge in [-0.15, -0.1) is 0 Å². The first-order valence-corrected chi connectivity index (χ1v) is 6.89. The Morgan fingerprint density at radius 2 is 1.95 bits per heavy atom. The lowest BCUT2D eigenvalue weighted by Crippen LogP contribution is -2.22. The third kappa shape index (κ3) is 6.22. The van der Waals surface area contributed by atoms with E-state index in [1.54, 1.807) is 0 Å². The molecule has 0 saturated heterocycles. The van der Waals surface area contributed by atoms with E-state index in [0.717, 1.165) is 32.1 Å². The maximum Gasteiger partial charge on any atom is 0.411 e. The number of hydrogen-bond acceptors (Lipinski definition) is 2. The summed E-state index contributed by atoms with van der Waals surface area (Å²) in [7, 11) is 0. The molecule has 1 aromatic rings. The molecule has 106 valence electrons. The molecule has 1 unspecified atom stereocenters. The van der Waals surface area contributed by atoms with Gasteiger partial charge in [0.1, 0.15) is 11.9 Å². The van der Waals surface area contributed by atoms with Crippen molar-refractivity contribution in [3.63, 3.8) is 0 Å². The van der Waals surface area contributed by atoms with Crippen molar-refractivity contribution in [2.45, 2.75) is 52.1 Å². The zero-order chi connectivity index (χ0) is 14.1. The molecule has 0 aliphatic heterocycles. The van der Waals surface area contributed by atoms with Crippen LogP contribution in [0.3, 0.4) is 0 Å². The second-order valence-corrected chi connectivity index (χ2v) is 4.56. The van der Waals surface area contributed by atoms with Crippen molar-refractivity contribution in [3.05, 3.63) is 30.1 Å². The number of nitrogens with one attached hydrogen (secondary N) is 1. The molecule has 3 nitrogen and oxygen atoms in total. The summed E-state index contributed by atoms with van der Waals surface area (Å²) in [6.45, 7) is 4.14. The Balaban J connectivity index is 2.37. The predicted octanol–water partition coefficient (Wildman–Crippen LogP) is 4.73. The van der Waals surface area contributed by atoms with Crippen molar-refractivity contribution in [2.24, 2.45) is 0 Å². The van der Waals surface area contributed by atoms with Gasteiger partial charge in [0.15, 0.2) is 0 Å². The van der Waals surface area contributed by atoms with Crippen LogP contribution < -0.4 is 5.32 Å². The number of rotatable bonds is 7. The zero-order valence-corrected chi connectivity index (χ0v) is 11.6. The smallest absolute Gasteiger partial charge is 0.411 e. The van der Waals surface area contributed by atoms with Crippen LogP contribution in [0.15, 0.2) is 24.3 Å². The summed E-state index contributed by atoms with van der Waals surface area (Å²) >= 11 is 0. The van der Waals surface area contributed by atoms with Crippen molar-refractivity contribution in [1.82, 2.24) is 0 Å². The lowest BCUT2D eigenvalue weighted by molar-refractivity contribution is 0.101. The summed E-state index contributed by atoms with van der Waals surface area (Å²) in [5.41, 5.74) is 0.537. The van der Waals surface area contributed by atoms with Crippen LogP contribution in [0, 0.1) is 5.82 Å². The van der Waals surface area contributed by atoms with E-state index in [1.165, 1.54) is 24.3 Å². The molecule has 1 amide bonds. The number of amides is 1. The van der Waals surface area contributed by atoms with Crippen molar-refractivity contribution < 1.29 is 13.9 Å². The van der Waals surface area contributed by atoms with Gasteiger partial charge in [0.2, 0.25) is 0 Å². The van der Waals surface area contributed by atoms with Gasteiger partial charge < -0.3 is 4.74 Å². The van der Waals surface area contributed by atoms with Crippen molar-refractivity contribution >= 4 is 11.8 Å². The monoisotopic (exact) mass is 267 g/mol. The molecule has 0 aliphatic carbocycles. The minimum absolute atomic E-state index is 0.0491. The molecule has 1 atom stereocenters. The molecule has 0 radical (unpaired) electrons. The highest BCUT2D eigenvalue weighted by atomic mass is 19.1.